The van der Waals surface area contributed by atoms with Gasteiger partial charge in [-0.25, -0.2) is 19.2 Å². The second-order valence-corrected chi connectivity index (χ2v) is 8.03. The molecule has 5 aromatic rings. The molecule has 0 saturated carbocycles. The van der Waals surface area contributed by atoms with Crippen LogP contribution in [0.3, 0.4) is 0 Å². The molecule has 0 fully saturated rings. The van der Waals surface area contributed by atoms with E-state index in [1.54, 1.807) is 54.9 Å². The van der Waals surface area contributed by atoms with Crippen LogP contribution < -0.4 is 20.9 Å². The third-order valence-corrected chi connectivity index (χ3v) is 5.58. The highest BCUT2D eigenvalue weighted by Crippen LogP contribution is 2.24. The first-order valence-electron chi connectivity index (χ1n) is 11.3. The zero-order chi connectivity index (χ0) is 25.8. The van der Waals surface area contributed by atoms with Gasteiger partial charge in [0.2, 0.25) is 0 Å². The van der Waals surface area contributed by atoms with Crippen LogP contribution in [0, 0.1) is 5.82 Å². The van der Waals surface area contributed by atoms with Gasteiger partial charge in [-0.1, -0.05) is 18.2 Å². The molecule has 0 saturated heterocycles. The Morgan fingerprint density at radius 3 is 2.68 bits per heavy atom. The number of aromatic nitrogens is 4. The smallest absolute Gasteiger partial charge is 0.323 e. The number of pyridine rings is 2. The Hall–Kier alpha value is -5.12. The fourth-order valence-corrected chi connectivity index (χ4v) is 3.90. The molecule has 184 valence electrons. The number of nitrogens with one attached hydrogen (secondary N) is 2. The summed E-state index contributed by atoms with van der Waals surface area (Å²) in [6, 6.07) is 17.3. The van der Waals surface area contributed by atoms with Gasteiger partial charge in [-0.2, -0.15) is 0 Å². The molecular weight excluding hydrogens is 475 g/mol. The predicted molar refractivity (Wildman–Crippen MR) is 138 cm³/mol. The quantitative estimate of drug-likeness (QED) is 0.357. The summed E-state index contributed by atoms with van der Waals surface area (Å²) in [6.45, 7) is 0. The Morgan fingerprint density at radius 2 is 1.86 bits per heavy atom. The number of fused-ring (bicyclic) bond motifs is 1. The molecule has 0 bridgehead atoms. The predicted octanol–water partition coefficient (Wildman–Crippen LogP) is 4.56. The van der Waals surface area contributed by atoms with Crippen molar-refractivity contribution < 1.29 is 13.9 Å². The lowest BCUT2D eigenvalue weighted by atomic mass is 10.1. The van der Waals surface area contributed by atoms with E-state index in [0.29, 0.717) is 17.0 Å². The Labute approximate surface area is 210 Å². The summed E-state index contributed by atoms with van der Waals surface area (Å²) < 4.78 is 21.6. The molecule has 2 amide bonds. The van der Waals surface area contributed by atoms with Gasteiger partial charge in [-0.05, 0) is 54.1 Å². The van der Waals surface area contributed by atoms with Crippen molar-refractivity contribution in [2.24, 2.45) is 0 Å². The van der Waals surface area contributed by atoms with E-state index >= 15 is 4.39 Å². The molecule has 10 heteroatoms. The highest BCUT2D eigenvalue weighted by molar-refractivity contribution is 6.00. The molecule has 0 atom stereocenters. The van der Waals surface area contributed by atoms with Crippen LogP contribution in [-0.4, -0.2) is 32.7 Å². The number of hydrogen-bond acceptors (Lipinski definition) is 6. The van der Waals surface area contributed by atoms with Gasteiger partial charge in [-0.3, -0.25) is 14.3 Å². The summed E-state index contributed by atoms with van der Waals surface area (Å²) in [5.74, 6) is -0.178. The normalized spacial score (nSPS) is 10.8. The number of ether oxygens (including phenoxy) is 1. The summed E-state index contributed by atoms with van der Waals surface area (Å²) in [7, 11) is 1.50. The van der Waals surface area contributed by atoms with Crippen molar-refractivity contribution in [1.82, 2.24) is 19.5 Å². The summed E-state index contributed by atoms with van der Waals surface area (Å²) in [4.78, 5) is 39.0. The molecule has 0 spiro atoms. The Kier molecular flexibility index (Phi) is 6.54. The van der Waals surface area contributed by atoms with Crippen LogP contribution in [0.25, 0.3) is 16.9 Å². The molecule has 2 aromatic carbocycles. The molecule has 3 heterocycles. The minimum atomic E-state index is -0.664. The van der Waals surface area contributed by atoms with Crippen LogP contribution in [0.2, 0.25) is 0 Å². The van der Waals surface area contributed by atoms with Gasteiger partial charge >= 0.3 is 6.03 Å². The van der Waals surface area contributed by atoms with Gasteiger partial charge in [0.25, 0.3) is 5.56 Å². The fraction of sp³-hybridized carbons (Fsp3) is 0.0741. The zero-order valence-corrected chi connectivity index (χ0v) is 19.7. The molecule has 37 heavy (non-hydrogen) atoms. The monoisotopic (exact) mass is 496 g/mol. The third-order valence-electron chi connectivity index (χ3n) is 5.58. The molecule has 0 aliphatic carbocycles. The number of amides is 2. The second kappa shape index (κ2) is 10.2. The van der Waals surface area contributed by atoms with Gasteiger partial charge in [0.15, 0.2) is 5.65 Å². The van der Waals surface area contributed by atoms with Crippen molar-refractivity contribution in [3.05, 3.63) is 113 Å². The lowest BCUT2D eigenvalue weighted by Crippen LogP contribution is -2.26. The highest BCUT2D eigenvalue weighted by atomic mass is 19.1. The van der Waals surface area contributed by atoms with Crippen molar-refractivity contribution >= 4 is 28.6 Å². The summed E-state index contributed by atoms with van der Waals surface area (Å²) in [5.41, 5.74) is 1.75. The molecule has 0 aliphatic heterocycles. The minimum Gasteiger partial charge on any atom is -0.495 e. The van der Waals surface area contributed by atoms with E-state index < -0.39 is 17.4 Å². The van der Waals surface area contributed by atoms with E-state index in [1.807, 2.05) is 6.07 Å². The van der Waals surface area contributed by atoms with Crippen LogP contribution in [-0.2, 0) is 6.42 Å². The van der Waals surface area contributed by atoms with Crippen molar-refractivity contribution in [3.8, 4) is 11.4 Å². The maximum atomic E-state index is 15.1. The van der Waals surface area contributed by atoms with Crippen molar-refractivity contribution in [2.45, 2.75) is 6.42 Å². The Balaban J connectivity index is 1.53. The number of hydrogen-bond donors (Lipinski definition) is 2. The first-order valence-corrected chi connectivity index (χ1v) is 11.3. The number of nitrogens with zero attached hydrogens (tertiary/aromatic N) is 4. The van der Waals surface area contributed by atoms with Gasteiger partial charge in [0.1, 0.15) is 22.8 Å². The first-order chi connectivity index (χ1) is 18.0. The third kappa shape index (κ3) is 4.98. The summed E-state index contributed by atoms with van der Waals surface area (Å²) in [6.07, 6.45) is 4.99. The first kappa shape index (κ1) is 23.6. The molecule has 5 rings (SSSR count). The maximum absolute atomic E-state index is 15.1. The molecule has 9 nitrogen and oxygen atoms in total. The maximum Gasteiger partial charge on any atom is 0.323 e. The molecule has 0 radical (unpaired) electrons. The number of rotatable bonds is 6. The van der Waals surface area contributed by atoms with E-state index in [9.17, 15) is 9.59 Å². The lowest BCUT2D eigenvalue weighted by molar-refractivity contribution is 0.262. The molecule has 0 unspecified atom stereocenters. The fourth-order valence-electron chi connectivity index (χ4n) is 3.90. The number of halogens is 1. The molecule has 3 aromatic heterocycles. The molecule has 0 aliphatic rings. The average Bonchev–Trinajstić information content (AvgIpc) is 2.91. The molecule has 2 N–H and O–H groups in total. The average molecular weight is 497 g/mol. The van der Waals surface area contributed by atoms with Crippen LogP contribution in [0.4, 0.5) is 20.6 Å². The number of para-hydroxylation sites is 2. The van der Waals surface area contributed by atoms with Gasteiger partial charge in [-0.15, -0.1) is 0 Å². The summed E-state index contributed by atoms with van der Waals surface area (Å²) in [5, 5.41) is 5.36. The van der Waals surface area contributed by atoms with E-state index in [0.717, 1.165) is 5.56 Å². The number of carbonyl (C=O) groups excluding carboxylic acids is 1. The van der Waals surface area contributed by atoms with Gasteiger partial charge in [0, 0.05) is 30.7 Å². The molecular formula is C27H21FN6O3. The van der Waals surface area contributed by atoms with Crippen molar-refractivity contribution in [2.75, 3.05) is 17.7 Å². The second-order valence-electron chi connectivity index (χ2n) is 8.03. The van der Waals surface area contributed by atoms with Crippen molar-refractivity contribution in [1.29, 1.82) is 0 Å². The van der Waals surface area contributed by atoms with Crippen molar-refractivity contribution in [3.63, 3.8) is 0 Å². The standard InChI is InChI=1S/C27H21FN6O3/c1-37-24-9-3-2-7-20(24)33-27(36)31-18-10-11-19(28)23(15-18)34-25-21(8-5-13-30-25)32-22(26(34)35)14-17-6-4-12-29-16-17/h2-13,15-16H,14H2,1H3,(H2,31,33,36). The van der Waals surface area contributed by atoms with Crippen LogP contribution in [0.15, 0.2) is 90.1 Å². The van der Waals surface area contributed by atoms with Crippen LogP contribution in [0.1, 0.15) is 11.3 Å². The largest absolute Gasteiger partial charge is 0.495 e. The zero-order valence-electron chi connectivity index (χ0n) is 19.7. The SMILES string of the molecule is COc1ccccc1NC(=O)Nc1ccc(F)c(-n2c(=O)c(Cc3cccnc3)nc3cccnc32)c1. The Morgan fingerprint density at radius 1 is 1.03 bits per heavy atom. The lowest BCUT2D eigenvalue weighted by Gasteiger charge is -2.15. The summed E-state index contributed by atoms with van der Waals surface area (Å²) >= 11 is 0. The van der Waals surface area contributed by atoms with E-state index in [-0.39, 0.29) is 29.1 Å². The van der Waals surface area contributed by atoms with Gasteiger partial charge < -0.3 is 15.4 Å². The van der Waals surface area contributed by atoms with Crippen LogP contribution >= 0.6 is 0 Å². The number of urea groups is 1. The number of methoxy groups -OCH3 is 1. The van der Waals surface area contributed by atoms with E-state index in [4.69, 9.17) is 4.74 Å². The topological polar surface area (TPSA) is 111 Å². The van der Waals surface area contributed by atoms with E-state index in [1.165, 1.54) is 36.1 Å². The highest BCUT2D eigenvalue weighted by Gasteiger charge is 2.18. The van der Waals surface area contributed by atoms with E-state index in [2.05, 4.69) is 25.6 Å². The number of carbonyl (C=O) groups is 1. The minimum absolute atomic E-state index is 0.0707. The number of anilines is 2. The number of benzene rings is 2. The van der Waals surface area contributed by atoms with Crippen LogP contribution in [0.5, 0.6) is 5.75 Å². The Bertz CT molecular complexity index is 1660. The van der Waals surface area contributed by atoms with Gasteiger partial charge in [0.05, 0.1) is 18.5 Å².